The Morgan fingerprint density at radius 1 is 1.03 bits per heavy atom. The molecule has 3 heterocycles. The van der Waals surface area contributed by atoms with Crippen LogP contribution in [0.1, 0.15) is 16.7 Å². The van der Waals surface area contributed by atoms with E-state index >= 15 is 0 Å². The van der Waals surface area contributed by atoms with Crippen molar-refractivity contribution in [3.8, 4) is 0 Å². The number of piperazine rings is 1. The number of fused-ring (bicyclic) bond motifs is 1. The molecule has 8 nitrogen and oxygen atoms in total. The van der Waals surface area contributed by atoms with Crippen LogP contribution in [0.15, 0.2) is 53.5 Å². The third kappa shape index (κ3) is 4.35. The van der Waals surface area contributed by atoms with Crippen molar-refractivity contribution >= 4 is 29.5 Å². The number of aryl methyl sites for hydroxylation is 1. The van der Waals surface area contributed by atoms with Crippen LogP contribution >= 0.6 is 11.6 Å². The molecule has 3 amide bonds. The van der Waals surface area contributed by atoms with Gasteiger partial charge < -0.3 is 14.7 Å². The minimum absolute atomic E-state index is 0.322. The van der Waals surface area contributed by atoms with Gasteiger partial charge in [0.05, 0.1) is 0 Å². The molecule has 2 saturated heterocycles. The van der Waals surface area contributed by atoms with Crippen molar-refractivity contribution in [3.63, 3.8) is 0 Å². The Hall–Kier alpha value is -3.10. The van der Waals surface area contributed by atoms with Gasteiger partial charge in [0.1, 0.15) is 0 Å². The van der Waals surface area contributed by atoms with Gasteiger partial charge in [-0.05, 0) is 24.1 Å². The van der Waals surface area contributed by atoms with Gasteiger partial charge in [0.25, 0.3) is 5.91 Å². The van der Waals surface area contributed by atoms with Gasteiger partial charge in [-0.2, -0.15) is 0 Å². The van der Waals surface area contributed by atoms with E-state index in [0.29, 0.717) is 11.6 Å². The third-order valence-corrected chi connectivity index (χ3v) is 7.15. The third-order valence-electron chi connectivity index (χ3n) is 6.78. The van der Waals surface area contributed by atoms with Crippen molar-refractivity contribution in [2.45, 2.75) is 32.2 Å². The highest BCUT2D eigenvalue weighted by molar-refractivity contribution is 6.31. The number of hydrogen-bond donors (Lipinski definition) is 1. The van der Waals surface area contributed by atoms with Crippen LogP contribution in [0.4, 0.5) is 4.79 Å². The first-order valence-corrected chi connectivity index (χ1v) is 12.0. The van der Waals surface area contributed by atoms with E-state index in [-0.39, 0.29) is 5.91 Å². The maximum atomic E-state index is 12.9. The Balaban J connectivity index is 1.35. The number of nitrogens with one attached hydrogen (secondary N) is 1. The van der Waals surface area contributed by atoms with Gasteiger partial charge in [0.15, 0.2) is 18.2 Å². The molecule has 0 bridgehead atoms. The number of rotatable bonds is 4. The zero-order valence-electron chi connectivity index (χ0n) is 19.4. The number of halogens is 1. The van der Waals surface area contributed by atoms with Gasteiger partial charge in [-0.3, -0.25) is 15.0 Å². The Labute approximate surface area is 204 Å². The van der Waals surface area contributed by atoms with Gasteiger partial charge in [0.2, 0.25) is 0 Å². The minimum atomic E-state index is -0.584. The lowest BCUT2D eigenvalue weighted by atomic mass is 10.1. The maximum absolute atomic E-state index is 12.9. The number of imide groups is 1. The predicted molar refractivity (Wildman–Crippen MR) is 131 cm³/mol. The fourth-order valence-corrected chi connectivity index (χ4v) is 5.12. The molecule has 3 aliphatic rings. The first-order valence-electron chi connectivity index (χ1n) is 11.6. The zero-order chi connectivity index (χ0) is 23.8. The van der Waals surface area contributed by atoms with Gasteiger partial charge in [-0.15, -0.1) is 0 Å². The fraction of sp³-hybridized carbons (Fsp3) is 0.400. The van der Waals surface area contributed by atoms with Crippen LogP contribution in [0.25, 0.3) is 0 Å². The average Bonchev–Trinajstić information content (AvgIpc) is 3.19. The summed E-state index contributed by atoms with van der Waals surface area (Å²) in [6, 6.07) is 15.3. The van der Waals surface area contributed by atoms with Crippen LogP contribution in [0.5, 0.6) is 0 Å². The molecule has 178 valence electrons. The van der Waals surface area contributed by atoms with Crippen molar-refractivity contribution in [3.05, 3.63) is 70.2 Å². The Morgan fingerprint density at radius 2 is 1.79 bits per heavy atom. The van der Waals surface area contributed by atoms with E-state index in [1.807, 2.05) is 29.2 Å². The lowest BCUT2D eigenvalue weighted by molar-refractivity contribution is -0.127. The normalized spacial score (nSPS) is 23.1. The maximum Gasteiger partial charge on any atom is 0.325 e. The summed E-state index contributed by atoms with van der Waals surface area (Å²) in [5.74, 6) is 0.429. The number of guanidine groups is 1. The average molecular weight is 481 g/mol. The lowest BCUT2D eigenvalue weighted by Crippen LogP contribution is -2.64. The Morgan fingerprint density at radius 3 is 2.53 bits per heavy atom. The number of likely N-dealkylation sites (N-methyl/N-ethyl adjacent to an activating group) is 1. The molecule has 2 aromatic rings. The first kappa shape index (κ1) is 22.7. The molecule has 0 radical (unpaired) electrons. The van der Waals surface area contributed by atoms with Crippen molar-refractivity contribution in [2.75, 3.05) is 33.2 Å². The van der Waals surface area contributed by atoms with E-state index in [4.69, 9.17) is 16.6 Å². The molecule has 34 heavy (non-hydrogen) atoms. The molecule has 5 rings (SSSR count). The first-order chi connectivity index (χ1) is 16.4. The van der Waals surface area contributed by atoms with Crippen LogP contribution in [0.3, 0.4) is 0 Å². The highest BCUT2D eigenvalue weighted by Gasteiger charge is 2.50. The van der Waals surface area contributed by atoms with Gasteiger partial charge >= 0.3 is 6.03 Å². The highest BCUT2D eigenvalue weighted by Crippen LogP contribution is 2.29. The molecule has 2 unspecified atom stereocenters. The second-order valence-electron chi connectivity index (χ2n) is 9.16. The molecule has 3 aliphatic heterocycles. The van der Waals surface area contributed by atoms with E-state index in [1.165, 1.54) is 16.0 Å². The van der Waals surface area contributed by atoms with E-state index in [0.717, 1.165) is 44.2 Å². The van der Waals surface area contributed by atoms with Crippen LogP contribution < -0.4 is 5.32 Å². The summed E-state index contributed by atoms with van der Waals surface area (Å²) in [5.41, 5.74) is 3.50. The molecular weight excluding hydrogens is 452 g/mol. The van der Waals surface area contributed by atoms with Crippen LogP contribution in [-0.4, -0.2) is 82.9 Å². The number of amides is 3. The molecule has 9 heteroatoms. The summed E-state index contributed by atoms with van der Waals surface area (Å²) in [6.45, 7) is 6.84. The molecule has 2 fully saturated rings. The number of aliphatic imine (C=N–C) groups is 1. The molecule has 0 saturated carbocycles. The zero-order valence-corrected chi connectivity index (χ0v) is 20.2. The standard InChI is InChI=1S/C25H29ClN6O2/c1-17-6-5-7-18(14-17)15-30-10-12-31(13-11-30)24-27-22-21(23(33)28-25(34)29(22)2)32(24)16-19-8-3-4-9-20(19)26/h3-9,14,21-22H,10-13,15-16H2,1-2H3,(H,28,33,34). The number of benzene rings is 2. The molecular formula is C25H29ClN6O2. The van der Waals surface area contributed by atoms with Gasteiger partial charge in [0, 0.05) is 51.3 Å². The second-order valence-corrected chi connectivity index (χ2v) is 9.57. The molecule has 2 aromatic carbocycles. The number of urea groups is 1. The Kier molecular flexibility index (Phi) is 6.18. The number of carbonyl (C=O) groups excluding carboxylic acids is 2. The lowest BCUT2D eigenvalue weighted by Gasteiger charge is -2.40. The van der Waals surface area contributed by atoms with E-state index < -0.39 is 18.2 Å². The summed E-state index contributed by atoms with van der Waals surface area (Å²) in [5, 5.41) is 3.11. The van der Waals surface area contributed by atoms with E-state index in [2.05, 4.69) is 46.3 Å². The van der Waals surface area contributed by atoms with Crippen molar-refractivity contribution in [1.29, 1.82) is 0 Å². The van der Waals surface area contributed by atoms with Crippen LogP contribution in [-0.2, 0) is 17.9 Å². The summed E-state index contributed by atoms with van der Waals surface area (Å²) in [4.78, 5) is 38.2. The summed E-state index contributed by atoms with van der Waals surface area (Å²) < 4.78 is 0. The quantitative estimate of drug-likeness (QED) is 0.728. The largest absolute Gasteiger partial charge is 0.340 e. The second kappa shape index (κ2) is 9.27. The van der Waals surface area contributed by atoms with Crippen molar-refractivity contribution in [2.24, 2.45) is 4.99 Å². The predicted octanol–water partition coefficient (Wildman–Crippen LogP) is 2.51. The van der Waals surface area contributed by atoms with Crippen LogP contribution in [0, 0.1) is 6.92 Å². The van der Waals surface area contributed by atoms with Gasteiger partial charge in [-0.1, -0.05) is 59.6 Å². The van der Waals surface area contributed by atoms with Gasteiger partial charge in [-0.25, -0.2) is 9.79 Å². The number of nitrogens with zero attached hydrogens (tertiary/aromatic N) is 5. The summed E-state index contributed by atoms with van der Waals surface area (Å²) in [6.07, 6.45) is -0.552. The van der Waals surface area contributed by atoms with E-state index in [1.54, 1.807) is 7.05 Å². The molecule has 2 atom stereocenters. The molecule has 0 spiro atoms. The number of hydrogen-bond acceptors (Lipinski definition) is 6. The molecule has 0 aliphatic carbocycles. The smallest absolute Gasteiger partial charge is 0.325 e. The SMILES string of the molecule is Cc1cccc(CN2CCN(C3=NC4C(C(=O)NC(=O)N4C)N3Cc3ccccc3Cl)CC2)c1. The monoisotopic (exact) mass is 480 g/mol. The van der Waals surface area contributed by atoms with Crippen molar-refractivity contribution in [1.82, 2.24) is 24.9 Å². The number of carbonyl (C=O) groups is 2. The Bertz CT molecular complexity index is 1130. The minimum Gasteiger partial charge on any atom is -0.340 e. The molecule has 0 aromatic heterocycles. The topological polar surface area (TPSA) is 71.5 Å². The summed E-state index contributed by atoms with van der Waals surface area (Å²) >= 11 is 6.45. The fourth-order valence-electron chi connectivity index (χ4n) is 4.93. The highest BCUT2D eigenvalue weighted by atomic mass is 35.5. The van der Waals surface area contributed by atoms with E-state index in [9.17, 15) is 9.59 Å². The molecule has 1 N–H and O–H groups in total. The van der Waals surface area contributed by atoms with Crippen molar-refractivity contribution < 1.29 is 9.59 Å². The summed E-state index contributed by atoms with van der Waals surface area (Å²) in [7, 11) is 1.68. The van der Waals surface area contributed by atoms with Crippen LogP contribution in [0.2, 0.25) is 5.02 Å².